The van der Waals surface area contributed by atoms with Gasteiger partial charge in [0.2, 0.25) is 5.82 Å². The van der Waals surface area contributed by atoms with Crippen LogP contribution in [0.25, 0.3) is 0 Å². The van der Waals surface area contributed by atoms with Gasteiger partial charge in [-0.1, -0.05) is 12.1 Å². The molecule has 1 aliphatic rings. The third-order valence-corrected chi connectivity index (χ3v) is 4.04. The molecule has 0 atom stereocenters. The molecule has 0 saturated carbocycles. The standard InChI is InChI=1S/C17H13F5N2O/c18-12-11(13(19)15(21)16(22)14(12)20)17(25)23-9-5-1-2-6-10(9)24-7-3-4-8-24/h1-2,5-6H,3-4,7-8H2,(H,23,25). The van der Waals surface area contributed by atoms with E-state index in [9.17, 15) is 26.7 Å². The van der Waals surface area contributed by atoms with E-state index in [1.165, 1.54) is 6.07 Å². The van der Waals surface area contributed by atoms with Gasteiger partial charge in [-0.3, -0.25) is 4.79 Å². The smallest absolute Gasteiger partial charge is 0.261 e. The normalized spacial score (nSPS) is 14.0. The first-order valence-electron chi connectivity index (χ1n) is 7.58. The fourth-order valence-electron chi connectivity index (χ4n) is 2.80. The number of nitrogens with zero attached hydrogens (tertiary/aromatic N) is 1. The molecule has 3 rings (SSSR count). The van der Waals surface area contributed by atoms with Crippen LogP contribution in [0.1, 0.15) is 23.2 Å². The molecule has 1 fully saturated rings. The zero-order chi connectivity index (χ0) is 18.1. The van der Waals surface area contributed by atoms with Gasteiger partial charge < -0.3 is 10.2 Å². The van der Waals surface area contributed by atoms with Crippen LogP contribution in [0.3, 0.4) is 0 Å². The Kier molecular flexibility index (Phi) is 4.61. The van der Waals surface area contributed by atoms with Gasteiger partial charge in [-0.05, 0) is 25.0 Å². The van der Waals surface area contributed by atoms with E-state index in [4.69, 9.17) is 0 Å². The number of rotatable bonds is 3. The average molecular weight is 356 g/mol. The molecule has 1 heterocycles. The predicted molar refractivity (Wildman–Crippen MR) is 82.1 cm³/mol. The van der Waals surface area contributed by atoms with Crippen molar-refractivity contribution in [3.8, 4) is 0 Å². The highest BCUT2D eigenvalue weighted by molar-refractivity contribution is 6.06. The molecule has 2 aromatic carbocycles. The van der Waals surface area contributed by atoms with Crippen molar-refractivity contribution < 1.29 is 26.7 Å². The highest BCUT2D eigenvalue weighted by Gasteiger charge is 2.30. The van der Waals surface area contributed by atoms with Gasteiger partial charge in [0.05, 0.1) is 11.4 Å². The summed E-state index contributed by atoms with van der Waals surface area (Å²) in [4.78, 5) is 14.1. The molecule has 132 valence electrons. The summed E-state index contributed by atoms with van der Waals surface area (Å²) >= 11 is 0. The van der Waals surface area contributed by atoms with Crippen LogP contribution in [0.2, 0.25) is 0 Å². The summed E-state index contributed by atoms with van der Waals surface area (Å²) in [6.45, 7) is 1.49. The number of benzene rings is 2. The first-order chi connectivity index (χ1) is 11.9. The minimum absolute atomic E-state index is 0.235. The van der Waals surface area contributed by atoms with Crippen molar-refractivity contribution in [2.75, 3.05) is 23.3 Å². The van der Waals surface area contributed by atoms with Crippen molar-refractivity contribution >= 4 is 17.3 Å². The highest BCUT2D eigenvalue weighted by atomic mass is 19.2. The first kappa shape index (κ1) is 17.2. The molecule has 3 nitrogen and oxygen atoms in total. The summed E-state index contributed by atoms with van der Waals surface area (Å²) in [5.41, 5.74) is -0.650. The lowest BCUT2D eigenvalue weighted by Crippen LogP contribution is -2.23. The average Bonchev–Trinajstić information content (AvgIpc) is 3.13. The monoisotopic (exact) mass is 356 g/mol. The van der Waals surface area contributed by atoms with Crippen molar-refractivity contribution in [1.82, 2.24) is 0 Å². The van der Waals surface area contributed by atoms with E-state index in [2.05, 4.69) is 5.32 Å². The van der Waals surface area contributed by atoms with Crippen molar-refractivity contribution in [1.29, 1.82) is 0 Å². The molecule has 2 aromatic rings. The number of carbonyl (C=O) groups is 1. The fourth-order valence-corrected chi connectivity index (χ4v) is 2.80. The Morgan fingerprint density at radius 2 is 1.36 bits per heavy atom. The van der Waals surface area contributed by atoms with Crippen LogP contribution in [0.15, 0.2) is 24.3 Å². The molecule has 8 heteroatoms. The van der Waals surface area contributed by atoms with Crippen molar-refractivity contribution in [2.45, 2.75) is 12.8 Å². The minimum atomic E-state index is -2.30. The maximum Gasteiger partial charge on any atom is 0.261 e. The molecule has 1 N–H and O–H groups in total. The Bertz CT molecular complexity index is 805. The topological polar surface area (TPSA) is 32.3 Å². The van der Waals surface area contributed by atoms with Crippen LogP contribution in [0.4, 0.5) is 33.3 Å². The Labute approximate surface area is 140 Å². The SMILES string of the molecule is O=C(Nc1ccccc1N1CCCC1)c1c(F)c(F)c(F)c(F)c1F. The molecule has 0 bridgehead atoms. The highest BCUT2D eigenvalue weighted by Crippen LogP contribution is 2.30. The Balaban J connectivity index is 1.97. The van der Waals surface area contributed by atoms with Crippen LogP contribution >= 0.6 is 0 Å². The zero-order valence-electron chi connectivity index (χ0n) is 12.9. The van der Waals surface area contributed by atoms with Crippen molar-refractivity contribution in [3.05, 3.63) is 58.9 Å². The second-order valence-corrected chi connectivity index (χ2v) is 5.61. The number of amides is 1. The summed E-state index contributed by atoms with van der Waals surface area (Å²) in [6.07, 6.45) is 1.92. The molecule has 0 aromatic heterocycles. The van der Waals surface area contributed by atoms with Crippen molar-refractivity contribution in [2.24, 2.45) is 0 Å². The Morgan fingerprint density at radius 1 is 0.840 bits per heavy atom. The number of nitrogens with one attached hydrogen (secondary N) is 1. The van der Waals surface area contributed by atoms with E-state index in [0.29, 0.717) is 5.69 Å². The molecule has 1 amide bonds. The molecular weight excluding hydrogens is 343 g/mol. The molecule has 0 radical (unpaired) electrons. The predicted octanol–water partition coefficient (Wildman–Crippen LogP) is 4.23. The van der Waals surface area contributed by atoms with Crippen LogP contribution in [-0.4, -0.2) is 19.0 Å². The van der Waals surface area contributed by atoms with E-state index >= 15 is 0 Å². The quantitative estimate of drug-likeness (QED) is 0.507. The van der Waals surface area contributed by atoms with Gasteiger partial charge in [-0.2, -0.15) is 0 Å². The Hall–Kier alpha value is -2.64. The van der Waals surface area contributed by atoms with Crippen LogP contribution < -0.4 is 10.2 Å². The summed E-state index contributed by atoms with van der Waals surface area (Å²) in [6, 6.07) is 6.52. The number of halogens is 5. The molecule has 25 heavy (non-hydrogen) atoms. The summed E-state index contributed by atoms with van der Waals surface area (Å²) in [5, 5.41) is 2.24. The number of para-hydroxylation sites is 2. The zero-order valence-corrected chi connectivity index (χ0v) is 12.9. The number of hydrogen-bond donors (Lipinski definition) is 1. The summed E-state index contributed by atoms with van der Waals surface area (Å²) < 4.78 is 67.2. The molecule has 0 aliphatic carbocycles. The number of hydrogen-bond acceptors (Lipinski definition) is 2. The maximum absolute atomic E-state index is 13.8. The van der Waals surface area contributed by atoms with Gasteiger partial charge >= 0.3 is 0 Å². The second-order valence-electron chi connectivity index (χ2n) is 5.61. The minimum Gasteiger partial charge on any atom is -0.370 e. The summed E-state index contributed by atoms with van der Waals surface area (Å²) in [5.74, 6) is -12.3. The van der Waals surface area contributed by atoms with Gasteiger partial charge in [0, 0.05) is 13.1 Å². The molecule has 0 unspecified atom stereocenters. The lowest BCUT2D eigenvalue weighted by Gasteiger charge is -2.21. The van der Waals surface area contributed by atoms with Gasteiger partial charge in [0.25, 0.3) is 5.91 Å². The van der Waals surface area contributed by atoms with Crippen LogP contribution in [0.5, 0.6) is 0 Å². The van der Waals surface area contributed by atoms with Crippen LogP contribution in [-0.2, 0) is 0 Å². The van der Waals surface area contributed by atoms with E-state index in [-0.39, 0.29) is 5.69 Å². The molecule has 0 spiro atoms. The van der Waals surface area contributed by atoms with Gasteiger partial charge in [-0.25, -0.2) is 22.0 Å². The second kappa shape index (κ2) is 6.70. The van der Waals surface area contributed by atoms with E-state index in [0.717, 1.165) is 25.9 Å². The Morgan fingerprint density at radius 3 is 1.96 bits per heavy atom. The van der Waals surface area contributed by atoms with Gasteiger partial charge in [-0.15, -0.1) is 0 Å². The van der Waals surface area contributed by atoms with Gasteiger partial charge in [0.15, 0.2) is 23.3 Å². The van der Waals surface area contributed by atoms with Crippen molar-refractivity contribution in [3.63, 3.8) is 0 Å². The lowest BCUT2D eigenvalue weighted by molar-refractivity contribution is 0.101. The lowest BCUT2D eigenvalue weighted by atomic mass is 10.1. The van der Waals surface area contributed by atoms with E-state index in [1.54, 1.807) is 18.2 Å². The fraction of sp³-hybridized carbons (Fsp3) is 0.235. The molecule has 1 saturated heterocycles. The first-order valence-corrected chi connectivity index (χ1v) is 7.58. The maximum atomic E-state index is 13.8. The number of anilines is 2. The largest absolute Gasteiger partial charge is 0.370 e. The summed E-state index contributed by atoms with van der Waals surface area (Å²) in [7, 11) is 0. The molecule has 1 aliphatic heterocycles. The third kappa shape index (κ3) is 3.04. The van der Waals surface area contributed by atoms with E-state index in [1.807, 2.05) is 4.90 Å². The molecular formula is C17H13F5N2O. The van der Waals surface area contributed by atoms with Gasteiger partial charge in [0.1, 0.15) is 5.56 Å². The third-order valence-electron chi connectivity index (χ3n) is 4.04. The van der Waals surface area contributed by atoms with Crippen LogP contribution in [0, 0.1) is 29.1 Å². The van der Waals surface area contributed by atoms with E-state index < -0.39 is 40.6 Å². The number of carbonyl (C=O) groups excluding carboxylic acids is 1.